The zero-order valence-corrected chi connectivity index (χ0v) is 10.2. The van der Waals surface area contributed by atoms with Gasteiger partial charge in [0.1, 0.15) is 24.7 Å². The van der Waals surface area contributed by atoms with E-state index in [1.165, 1.54) is 0 Å². The predicted octanol–water partition coefficient (Wildman–Crippen LogP) is 2.45. The second-order valence-corrected chi connectivity index (χ2v) is 3.92. The molecular formula is C11H9F5N2O3. The summed E-state index contributed by atoms with van der Waals surface area (Å²) in [4.78, 5) is 21.9. The molecule has 0 aliphatic carbocycles. The first-order valence-corrected chi connectivity index (χ1v) is 5.38. The van der Waals surface area contributed by atoms with Crippen LogP contribution in [-0.4, -0.2) is 41.3 Å². The molecule has 0 heterocycles. The largest absolute Gasteiger partial charge is 0.480 e. The van der Waals surface area contributed by atoms with Crippen LogP contribution in [0.3, 0.4) is 0 Å². The minimum Gasteiger partial charge on any atom is -0.480 e. The van der Waals surface area contributed by atoms with Crippen LogP contribution in [0.1, 0.15) is 0 Å². The fourth-order valence-electron chi connectivity index (χ4n) is 1.37. The average Bonchev–Trinajstić information content (AvgIpc) is 2.30. The summed E-state index contributed by atoms with van der Waals surface area (Å²) < 4.78 is 62.9. The van der Waals surface area contributed by atoms with Crippen LogP contribution in [-0.2, 0) is 4.79 Å². The van der Waals surface area contributed by atoms with Gasteiger partial charge in [0.25, 0.3) is 0 Å². The second kappa shape index (κ2) is 6.37. The number of carboxylic acids is 1. The van der Waals surface area contributed by atoms with E-state index in [2.05, 4.69) is 0 Å². The molecule has 21 heavy (non-hydrogen) atoms. The van der Waals surface area contributed by atoms with Crippen LogP contribution in [0.4, 0.5) is 32.4 Å². The van der Waals surface area contributed by atoms with E-state index in [4.69, 9.17) is 5.11 Å². The van der Waals surface area contributed by atoms with Crippen LogP contribution in [0.5, 0.6) is 0 Å². The summed E-state index contributed by atoms with van der Waals surface area (Å²) >= 11 is 0. The van der Waals surface area contributed by atoms with Gasteiger partial charge in [0.05, 0.1) is 5.69 Å². The van der Waals surface area contributed by atoms with Crippen molar-refractivity contribution in [2.75, 3.05) is 18.4 Å². The third kappa shape index (κ3) is 5.63. The van der Waals surface area contributed by atoms with E-state index in [1.807, 2.05) is 0 Å². The van der Waals surface area contributed by atoms with E-state index in [-0.39, 0.29) is 4.90 Å². The van der Waals surface area contributed by atoms with Crippen LogP contribution < -0.4 is 5.32 Å². The number of hydrogen-bond donors (Lipinski definition) is 2. The Hall–Kier alpha value is -2.39. The number of aliphatic carboxylic acids is 1. The predicted molar refractivity (Wildman–Crippen MR) is 60.6 cm³/mol. The molecule has 2 amide bonds. The lowest BCUT2D eigenvalue weighted by Crippen LogP contribution is -2.44. The number of urea groups is 1. The Morgan fingerprint density at radius 2 is 1.86 bits per heavy atom. The van der Waals surface area contributed by atoms with Crippen molar-refractivity contribution >= 4 is 17.7 Å². The number of alkyl halides is 3. The van der Waals surface area contributed by atoms with Crippen LogP contribution in [0.2, 0.25) is 0 Å². The van der Waals surface area contributed by atoms with Crippen molar-refractivity contribution in [3.63, 3.8) is 0 Å². The lowest BCUT2D eigenvalue weighted by Gasteiger charge is -2.22. The normalized spacial score (nSPS) is 11.1. The standard InChI is InChI=1S/C11H9F5N2O3/c12-6-1-2-7(13)8(3-6)17-10(21)18(4-9(19)20)5-11(14,15)16/h1-3H,4-5H2,(H,17,21)(H,19,20). The van der Waals surface area contributed by atoms with Gasteiger partial charge in [0.2, 0.25) is 0 Å². The van der Waals surface area contributed by atoms with Crippen molar-refractivity contribution in [3.05, 3.63) is 29.8 Å². The summed E-state index contributed by atoms with van der Waals surface area (Å²) in [7, 11) is 0. The Morgan fingerprint density at radius 1 is 1.24 bits per heavy atom. The highest BCUT2D eigenvalue weighted by molar-refractivity contribution is 5.91. The highest BCUT2D eigenvalue weighted by atomic mass is 19.4. The van der Waals surface area contributed by atoms with Gasteiger partial charge < -0.3 is 15.3 Å². The Morgan fingerprint density at radius 3 is 2.38 bits per heavy atom. The van der Waals surface area contributed by atoms with Crippen molar-refractivity contribution in [2.45, 2.75) is 6.18 Å². The van der Waals surface area contributed by atoms with Crippen molar-refractivity contribution in [1.82, 2.24) is 4.90 Å². The molecular weight excluding hydrogens is 303 g/mol. The van der Waals surface area contributed by atoms with Gasteiger partial charge in [-0.05, 0) is 12.1 Å². The number of nitrogens with one attached hydrogen (secondary N) is 1. The highest BCUT2D eigenvalue weighted by Crippen LogP contribution is 2.19. The van der Waals surface area contributed by atoms with Gasteiger partial charge >= 0.3 is 18.2 Å². The third-order valence-corrected chi connectivity index (χ3v) is 2.15. The summed E-state index contributed by atoms with van der Waals surface area (Å²) in [5, 5.41) is 10.2. The minimum absolute atomic E-state index is 0.0906. The molecule has 0 saturated heterocycles. The zero-order valence-electron chi connectivity index (χ0n) is 10.2. The van der Waals surface area contributed by atoms with Gasteiger partial charge in [-0.25, -0.2) is 13.6 Å². The van der Waals surface area contributed by atoms with E-state index >= 15 is 0 Å². The van der Waals surface area contributed by atoms with Crippen LogP contribution in [0.25, 0.3) is 0 Å². The molecule has 0 saturated carbocycles. The molecule has 0 atom stereocenters. The molecule has 0 aliphatic heterocycles. The Labute approximate surface area is 115 Å². The molecule has 0 aromatic heterocycles. The highest BCUT2D eigenvalue weighted by Gasteiger charge is 2.34. The average molecular weight is 312 g/mol. The number of carbonyl (C=O) groups is 2. The molecule has 116 valence electrons. The van der Waals surface area contributed by atoms with Gasteiger partial charge in [-0.15, -0.1) is 0 Å². The molecule has 0 radical (unpaired) electrons. The number of hydrogen-bond acceptors (Lipinski definition) is 2. The monoisotopic (exact) mass is 312 g/mol. The molecule has 1 rings (SSSR count). The minimum atomic E-state index is -4.84. The van der Waals surface area contributed by atoms with Crippen LogP contribution in [0, 0.1) is 11.6 Å². The van der Waals surface area contributed by atoms with Crippen molar-refractivity contribution in [1.29, 1.82) is 0 Å². The molecule has 1 aromatic carbocycles. The first kappa shape index (κ1) is 16.7. The smallest absolute Gasteiger partial charge is 0.406 e. The number of benzene rings is 1. The maximum Gasteiger partial charge on any atom is 0.406 e. The Bertz CT molecular complexity index is 547. The maximum absolute atomic E-state index is 13.3. The molecule has 5 nitrogen and oxygen atoms in total. The lowest BCUT2D eigenvalue weighted by molar-refractivity contribution is -0.148. The fraction of sp³-hybridized carbons (Fsp3) is 0.273. The van der Waals surface area contributed by atoms with Gasteiger partial charge in [0, 0.05) is 6.07 Å². The number of nitrogens with zero attached hydrogens (tertiary/aromatic N) is 1. The van der Waals surface area contributed by atoms with Crippen molar-refractivity contribution in [3.8, 4) is 0 Å². The molecule has 0 aliphatic rings. The van der Waals surface area contributed by atoms with E-state index in [9.17, 15) is 31.5 Å². The van der Waals surface area contributed by atoms with Crippen LogP contribution in [0.15, 0.2) is 18.2 Å². The number of rotatable bonds is 4. The number of carboxylic acid groups (broad SMARTS) is 1. The number of halogens is 5. The SMILES string of the molecule is O=C(O)CN(CC(F)(F)F)C(=O)Nc1cc(F)ccc1F. The van der Waals surface area contributed by atoms with Gasteiger partial charge in [-0.3, -0.25) is 4.79 Å². The molecule has 2 N–H and O–H groups in total. The Kier molecular flexibility index (Phi) is 5.06. The second-order valence-electron chi connectivity index (χ2n) is 3.92. The van der Waals surface area contributed by atoms with Gasteiger partial charge in [0.15, 0.2) is 0 Å². The molecule has 10 heteroatoms. The zero-order chi connectivity index (χ0) is 16.2. The van der Waals surface area contributed by atoms with E-state index < -0.39 is 48.6 Å². The van der Waals surface area contributed by atoms with Gasteiger partial charge in [-0.2, -0.15) is 13.2 Å². The number of anilines is 1. The molecule has 1 aromatic rings. The van der Waals surface area contributed by atoms with E-state index in [0.29, 0.717) is 12.1 Å². The summed E-state index contributed by atoms with van der Waals surface area (Å²) in [6.07, 6.45) is -4.84. The van der Waals surface area contributed by atoms with Crippen LogP contribution >= 0.6 is 0 Å². The van der Waals surface area contributed by atoms with Crippen molar-refractivity contribution < 1.29 is 36.6 Å². The number of amides is 2. The quantitative estimate of drug-likeness (QED) is 0.839. The van der Waals surface area contributed by atoms with E-state index in [1.54, 1.807) is 5.32 Å². The first-order chi connectivity index (χ1) is 9.58. The third-order valence-electron chi connectivity index (χ3n) is 2.15. The van der Waals surface area contributed by atoms with Crippen molar-refractivity contribution in [2.24, 2.45) is 0 Å². The first-order valence-electron chi connectivity index (χ1n) is 5.38. The number of carbonyl (C=O) groups excluding carboxylic acids is 1. The van der Waals surface area contributed by atoms with E-state index in [0.717, 1.165) is 6.07 Å². The maximum atomic E-state index is 13.3. The molecule has 0 fully saturated rings. The molecule has 0 spiro atoms. The summed E-state index contributed by atoms with van der Waals surface area (Å²) in [5.41, 5.74) is -0.697. The Balaban J connectivity index is 2.89. The molecule has 0 unspecified atom stereocenters. The lowest BCUT2D eigenvalue weighted by atomic mass is 10.3. The molecule has 0 bridgehead atoms. The summed E-state index contributed by atoms with van der Waals surface area (Å²) in [5.74, 6) is -3.69. The fourth-order valence-corrected chi connectivity index (χ4v) is 1.37. The summed E-state index contributed by atoms with van der Waals surface area (Å²) in [6, 6.07) is 0.449. The topological polar surface area (TPSA) is 69.6 Å². The summed E-state index contributed by atoms with van der Waals surface area (Å²) in [6.45, 7) is -3.09. The van der Waals surface area contributed by atoms with Gasteiger partial charge in [-0.1, -0.05) is 0 Å².